The fourth-order valence-corrected chi connectivity index (χ4v) is 1.82. The van der Waals surface area contributed by atoms with Crippen LogP contribution in [0.1, 0.15) is 18.5 Å². The van der Waals surface area contributed by atoms with Crippen LogP contribution < -0.4 is 15.6 Å². The summed E-state index contributed by atoms with van der Waals surface area (Å²) in [5.41, 5.74) is 0.589. The maximum Gasteiger partial charge on any atom is 0.387 e. The van der Waals surface area contributed by atoms with Gasteiger partial charge in [-0.2, -0.15) is 8.78 Å². The molecule has 0 fully saturated rings. The lowest BCUT2D eigenvalue weighted by Crippen LogP contribution is -2.23. The van der Waals surface area contributed by atoms with Gasteiger partial charge >= 0.3 is 6.61 Å². The summed E-state index contributed by atoms with van der Waals surface area (Å²) in [5, 5.41) is 2.99. The summed E-state index contributed by atoms with van der Waals surface area (Å²) in [6, 6.07) is 6.02. The van der Waals surface area contributed by atoms with Crippen molar-refractivity contribution in [1.82, 2.24) is 9.55 Å². The second-order valence-electron chi connectivity index (χ2n) is 4.51. The van der Waals surface area contributed by atoms with Gasteiger partial charge in [0.25, 0.3) is 5.56 Å². The molecule has 1 atom stereocenters. The van der Waals surface area contributed by atoms with Crippen LogP contribution in [0.3, 0.4) is 0 Å². The van der Waals surface area contributed by atoms with Crippen molar-refractivity contribution in [3.8, 4) is 5.75 Å². The number of halogens is 2. The van der Waals surface area contributed by atoms with Crippen molar-refractivity contribution in [2.75, 3.05) is 5.32 Å². The molecule has 1 aromatic heterocycles. The first-order chi connectivity index (χ1) is 9.97. The Labute approximate surface area is 120 Å². The molecule has 1 aromatic carbocycles. The van der Waals surface area contributed by atoms with Crippen LogP contribution in [0.2, 0.25) is 0 Å². The second-order valence-corrected chi connectivity index (χ2v) is 4.51. The van der Waals surface area contributed by atoms with Gasteiger partial charge in [0.2, 0.25) is 0 Å². The van der Waals surface area contributed by atoms with Crippen LogP contribution in [0.4, 0.5) is 14.6 Å². The first kappa shape index (κ1) is 15.0. The molecule has 7 heteroatoms. The second kappa shape index (κ2) is 6.34. The Morgan fingerprint density at radius 3 is 2.57 bits per heavy atom. The Morgan fingerprint density at radius 1 is 1.29 bits per heavy atom. The standard InChI is InChI=1S/C14H15F2N3O2/c1-9(18-12-13(20)19(2)8-7-17-12)10-3-5-11(6-4-10)21-14(15)16/h3-9,14H,1-2H3,(H,17,18)/t9-/m1/s1. The summed E-state index contributed by atoms with van der Waals surface area (Å²) in [4.78, 5) is 15.8. The molecule has 0 amide bonds. The highest BCUT2D eigenvalue weighted by Crippen LogP contribution is 2.20. The number of benzene rings is 1. The maximum atomic E-state index is 12.1. The van der Waals surface area contributed by atoms with E-state index < -0.39 is 6.61 Å². The predicted molar refractivity (Wildman–Crippen MR) is 74.6 cm³/mol. The van der Waals surface area contributed by atoms with E-state index in [4.69, 9.17) is 0 Å². The lowest BCUT2D eigenvalue weighted by Gasteiger charge is -2.15. The molecule has 112 valence electrons. The van der Waals surface area contributed by atoms with Crippen LogP contribution >= 0.6 is 0 Å². The van der Waals surface area contributed by atoms with Crippen molar-refractivity contribution in [3.63, 3.8) is 0 Å². The van der Waals surface area contributed by atoms with Gasteiger partial charge in [-0.3, -0.25) is 4.79 Å². The molecule has 5 nitrogen and oxygen atoms in total. The van der Waals surface area contributed by atoms with Gasteiger partial charge in [-0.05, 0) is 24.6 Å². The fraction of sp³-hybridized carbons (Fsp3) is 0.286. The molecule has 1 N–H and O–H groups in total. The lowest BCUT2D eigenvalue weighted by molar-refractivity contribution is -0.0498. The van der Waals surface area contributed by atoms with E-state index in [-0.39, 0.29) is 23.2 Å². The van der Waals surface area contributed by atoms with Gasteiger partial charge in [0.15, 0.2) is 5.82 Å². The molecule has 0 radical (unpaired) electrons. The highest BCUT2D eigenvalue weighted by molar-refractivity contribution is 5.37. The number of aromatic nitrogens is 2. The summed E-state index contributed by atoms with van der Waals surface area (Å²) in [5.74, 6) is 0.329. The van der Waals surface area contributed by atoms with Gasteiger partial charge < -0.3 is 14.6 Å². The van der Waals surface area contributed by atoms with Crippen molar-refractivity contribution in [3.05, 3.63) is 52.6 Å². The maximum absolute atomic E-state index is 12.1. The molecule has 0 spiro atoms. The Balaban J connectivity index is 2.11. The molecule has 0 saturated carbocycles. The molecule has 1 heterocycles. The first-order valence-corrected chi connectivity index (χ1v) is 6.30. The van der Waals surface area contributed by atoms with Crippen molar-refractivity contribution in [2.24, 2.45) is 7.05 Å². The minimum Gasteiger partial charge on any atom is -0.435 e. The monoisotopic (exact) mass is 295 g/mol. The van der Waals surface area contributed by atoms with E-state index in [0.717, 1.165) is 5.56 Å². The summed E-state index contributed by atoms with van der Waals surface area (Å²) >= 11 is 0. The normalized spacial score (nSPS) is 12.2. The van der Waals surface area contributed by atoms with E-state index in [0.29, 0.717) is 0 Å². The molecule has 21 heavy (non-hydrogen) atoms. The Hall–Kier alpha value is -2.44. The van der Waals surface area contributed by atoms with E-state index >= 15 is 0 Å². The zero-order valence-electron chi connectivity index (χ0n) is 11.6. The zero-order chi connectivity index (χ0) is 15.4. The Morgan fingerprint density at radius 2 is 1.95 bits per heavy atom. The Bertz CT molecular complexity index is 656. The molecule has 0 aliphatic rings. The topological polar surface area (TPSA) is 56.2 Å². The van der Waals surface area contributed by atoms with Crippen LogP contribution in [0.25, 0.3) is 0 Å². The van der Waals surface area contributed by atoms with Crippen molar-refractivity contribution in [2.45, 2.75) is 19.6 Å². The third-order valence-electron chi connectivity index (χ3n) is 2.98. The van der Waals surface area contributed by atoms with Crippen LogP contribution in [-0.2, 0) is 7.05 Å². The molecular weight excluding hydrogens is 280 g/mol. The molecule has 0 aliphatic carbocycles. The lowest BCUT2D eigenvalue weighted by atomic mass is 10.1. The number of aryl methyl sites for hydroxylation is 1. The number of hydrogen-bond donors (Lipinski definition) is 1. The van der Waals surface area contributed by atoms with E-state index in [2.05, 4.69) is 15.0 Å². The highest BCUT2D eigenvalue weighted by Gasteiger charge is 2.10. The van der Waals surface area contributed by atoms with Gasteiger partial charge in [0.1, 0.15) is 5.75 Å². The minimum absolute atomic E-state index is 0.0923. The van der Waals surface area contributed by atoms with Gasteiger partial charge in [-0.25, -0.2) is 4.98 Å². The summed E-state index contributed by atoms with van der Waals surface area (Å²) in [6.45, 7) is -1.00. The summed E-state index contributed by atoms with van der Waals surface area (Å²) in [6.07, 6.45) is 3.09. The number of alkyl halides is 2. The van der Waals surface area contributed by atoms with Crippen molar-refractivity contribution in [1.29, 1.82) is 0 Å². The molecule has 0 unspecified atom stereocenters. The van der Waals surface area contributed by atoms with Crippen molar-refractivity contribution < 1.29 is 13.5 Å². The molecule has 2 aromatic rings. The summed E-state index contributed by atoms with van der Waals surface area (Å²) < 4.78 is 29.8. The van der Waals surface area contributed by atoms with Gasteiger partial charge in [-0.1, -0.05) is 12.1 Å². The van der Waals surface area contributed by atoms with Crippen LogP contribution in [0, 0.1) is 0 Å². The number of rotatable bonds is 5. The molecular formula is C14H15F2N3O2. The van der Waals surface area contributed by atoms with Crippen molar-refractivity contribution >= 4 is 5.82 Å². The Kier molecular flexibility index (Phi) is 4.52. The number of anilines is 1. The third-order valence-corrected chi connectivity index (χ3v) is 2.98. The average Bonchev–Trinajstić information content (AvgIpc) is 2.44. The zero-order valence-corrected chi connectivity index (χ0v) is 11.6. The van der Waals surface area contributed by atoms with E-state index in [9.17, 15) is 13.6 Å². The smallest absolute Gasteiger partial charge is 0.387 e. The number of hydrogen-bond acceptors (Lipinski definition) is 4. The molecule has 0 bridgehead atoms. The molecule has 2 rings (SSSR count). The van der Waals surface area contributed by atoms with Gasteiger partial charge in [0.05, 0.1) is 6.04 Å². The summed E-state index contributed by atoms with van der Waals surface area (Å²) in [7, 11) is 1.64. The fourth-order valence-electron chi connectivity index (χ4n) is 1.82. The van der Waals surface area contributed by atoms with Crippen LogP contribution in [0.15, 0.2) is 41.5 Å². The third kappa shape index (κ3) is 3.77. The van der Waals surface area contributed by atoms with E-state index in [1.54, 1.807) is 25.4 Å². The van der Waals surface area contributed by atoms with Gasteiger partial charge in [-0.15, -0.1) is 0 Å². The molecule has 0 aliphatic heterocycles. The van der Waals surface area contributed by atoms with E-state index in [1.807, 2.05) is 6.92 Å². The van der Waals surface area contributed by atoms with Crippen LogP contribution in [0.5, 0.6) is 5.75 Å². The quantitative estimate of drug-likeness (QED) is 0.921. The SMILES string of the molecule is C[C@@H](Nc1nccn(C)c1=O)c1ccc(OC(F)F)cc1. The highest BCUT2D eigenvalue weighted by atomic mass is 19.3. The average molecular weight is 295 g/mol. The van der Waals surface area contributed by atoms with Gasteiger partial charge in [0, 0.05) is 19.4 Å². The van der Waals surface area contributed by atoms with E-state index in [1.165, 1.54) is 22.9 Å². The predicted octanol–water partition coefficient (Wildman–Crippen LogP) is 2.55. The number of nitrogens with one attached hydrogen (secondary N) is 1. The first-order valence-electron chi connectivity index (χ1n) is 6.30. The molecule has 0 saturated heterocycles. The number of ether oxygens (including phenoxy) is 1. The van der Waals surface area contributed by atoms with Crippen LogP contribution in [-0.4, -0.2) is 16.2 Å². The largest absolute Gasteiger partial charge is 0.435 e. The minimum atomic E-state index is -2.84. The number of nitrogens with zero attached hydrogens (tertiary/aromatic N) is 2.